The molecule has 0 fully saturated rings. The summed E-state index contributed by atoms with van der Waals surface area (Å²) in [6.45, 7) is 5.14. The molecule has 0 bridgehead atoms. The first-order valence-corrected chi connectivity index (χ1v) is 5.51. The molecule has 1 aromatic rings. The first kappa shape index (κ1) is 14.7. The Morgan fingerprint density at radius 1 is 1.17 bits per heavy atom. The summed E-state index contributed by atoms with van der Waals surface area (Å²) < 4.78 is 38.3. The second kappa shape index (κ2) is 4.72. The van der Waals surface area contributed by atoms with Crippen LogP contribution in [0, 0.1) is 5.41 Å². The zero-order valence-electron chi connectivity index (χ0n) is 10.5. The van der Waals surface area contributed by atoms with Gasteiger partial charge in [0.2, 0.25) is 0 Å². The van der Waals surface area contributed by atoms with Crippen molar-refractivity contribution in [3.05, 3.63) is 35.4 Å². The summed E-state index contributed by atoms with van der Waals surface area (Å²) >= 11 is 0. The molecule has 100 valence electrons. The highest BCUT2D eigenvalue weighted by Gasteiger charge is 2.37. The smallest absolute Gasteiger partial charge is 0.321 e. The van der Waals surface area contributed by atoms with Gasteiger partial charge in [-0.25, -0.2) is 0 Å². The third kappa shape index (κ3) is 3.10. The zero-order valence-corrected chi connectivity index (χ0v) is 10.5. The van der Waals surface area contributed by atoms with Gasteiger partial charge in [-0.1, -0.05) is 39.0 Å². The molecule has 18 heavy (non-hydrogen) atoms. The van der Waals surface area contributed by atoms with Crippen molar-refractivity contribution in [1.82, 2.24) is 0 Å². The van der Waals surface area contributed by atoms with Gasteiger partial charge in [0.15, 0.2) is 5.78 Å². The molecular formula is C13H16F3NO. The molecule has 0 saturated heterocycles. The molecule has 2 N–H and O–H groups in total. The van der Waals surface area contributed by atoms with Crippen LogP contribution in [-0.2, 0) is 6.18 Å². The molecule has 0 aliphatic rings. The Morgan fingerprint density at radius 2 is 1.67 bits per heavy atom. The van der Waals surface area contributed by atoms with E-state index in [9.17, 15) is 18.0 Å². The minimum absolute atomic E-state index is 0.368. The van der Waals surface area contributed by atoms with Crippen LogP contribution in [0.1, 0.15) is 36.7 Å². The van der Waals surface area contributed by atoms with E-state index in [4.69, 9.17) is 5.73 Å². The van der Waals surface area contributed by atoms with Crippen LogP contribution in [0.2, 0.25) is 0 Å². The lowest BCUT2D eigenvalue weighted by Gasteiger charge is -2.26. The number of hydrogen-bond donors (Lipinski definition) is 1. The van der Waals surface area contributed by atoms with Crippen molar-refractivity contribution in [1.29, 1.82) is 0 Å². The van der Waals surface area contributed by atoms with Crippen LogP contribution in [-0.4, -0.2) is 11.8 Å². The first-order chi connectivity index (χ1) is 8.05. The van der Waals surface area contributed by atoms with E-state index in [1.807, 2.05) is 0 Å². The highest BCUT2D eigenvalue weighted by Crippen LogP contribution is 2.33. The minimum Gasteiger partial charge on any atom is -0.321 e. The molecule has 0 aliphatic heterocycles. The van der Waals surface area contributed by atoms with Crippen molar-refractivity contribution < 1.29 is 18.0 Å². The SMILES string of the molecule is CC(C)(C)C(N)C(=O)c1ccccc1C(F)(F)F. The van der Waals surface area contributed by atoms with Crippen LogP contribution >= 0.6 is 0 Å². The molecule has 0 radical (unpaired) electrons. The maximum atomic E-state index is 12.8. The molecule has 1 atom stereocenters. The fourth-order valence-electron chi connectivity index (χ4n) is 1.51. The number of carbonyl (C=O) groups is 1. The molecule has 0 amide bonds. The Kier molecular flexibility index (Phi) is 3.86. The fourth-order valence-corrected chi connectivity index (χ4v) is 1.51. The van der Waals surface area contributed by atoms with Gasteiger partial charge in [-0.3, -0.25) is 4.79 Å². The number of benzene rings is 1. The van der Waals surface area contributed by atoms with Crippen LogP contribution in [0.5, 0.6) is 0 Å². The monoisotopic (exact) mass is 259 g/mol. The summed E-state index contributed by atoms with van der Waals surface area (Å²) in [7, 11) is 0. The van der Waals surface area contributed by atoms with Crippen LogP contribution in [0.3, 0.4) is 0 Å². The molecule has 1 aromatic carbocycles. The number of nitrogens with two attached hydrogens (primary N) is 1. The maximum absolute atomic E-state index is 12.8. The molecule has 1 rings (SSSR count). The standard InChI is InChI=1S/C13H16F3NO/c1-12(2,3)11(17)10(18)8-6-4-5-7-9(8)13(14,15)16/h4-7,11H,17H2,1-3H3. The Morgan fingerprint density at radius 3 is 2.11 bits per heavy atom. The number of Topliss-reactive ketones (excluding diaryl/α,β-unsaturated/α-hetero) is 1. The number of halogens is 3. The second-order valence-corrected chi connectivity index (χ2v) is 5.25. The van der Waals surface area contributed by atoms with Gasteiger partial charge in [-0.15, -0.1) is 0 Å². The summed E-state index contributed by atoms with van der Waals surface area (Å²) in [5.41, 5.74) is 3.83. The molecule has 0 aliphatic carbocycles. The van der Waals surface area contributed by atoms with Crippen molar-refractivity contribution in [3.63, 3.8) is 0 Å². The van der Waals surface area contributed by atoms with E-state index >= 15 is 0 Å². The molecule has 2 nitrogen and oxygen atoms in total. The summed E-state index contributed by atoms with van der Waals surface area (Å²) in [5.74, 6) is -0.685. The number of rotatable bonds is 2. The molecule has 0 aromatic heterocycles. The number of ketones is 1. The number of carbonyl (C=O) groups excluding carboxylic acids is 1. The predicted molar refractivity (Wildman–Crippen MR) is 63.2 cm³/mol. The van der Waals surface area contributed by atoms with Crippen LogP contribution in [0.15, 0.2) is 24.3 Å². The van der Waals surface area contributed by atoms with E-state index < -0.39 is 29.0 Å². The lowest BCUT2D eigenvalue weighted by atomic mass is 9.82. The van der Waals surface area contributed by atoms with Crippen LogP contribution < -0.4 is 5.73 Å². The summed E-state index contributed by atoms with van der Waals surface area (Å²) in [5, 5.41) is 0. The van der Waals surface area contributed by atoms with Gasteiger partial charge in [0, 0.05) is 5.56 Å². The van der Waals surface area contributed by atoms with Crippen molar-refractivity contribution in [2.75, 3.05) is 0 Å². The van der Waals surface area contributed by atoms with Gasteiger partial charge in [0.25, 0.3) is 0 Å². The van der Waals surface area contributed by atoms with E-state index in [1.165, 1.54) is 12.1 Å². The molecule has 5 heteroatoms. The molecule has 1 unspecified atom stereocenters. The normalized spacial score (nSPS) is 14.4. The van der Waals surface area contributed by atoms with E-state index in [0.29, 0.717) is 0 Å². The van der Waals surface area contributed by atoms with Crippen molar-refractivity contribution in [3.8, 4) is 0 Å². The predicted octanol–water partition coefficient (Wildman–Crippen LogP) is 3.26. The minimum atomic E-state index is -4.55. The summed E-state index contributed by atoms with van der Waals surface area (Å²) in [6.07, 6.45) is -4.55. The summed E-state index contributed by atoms with van der Waals surface area (Å²) in [6, 6.07) is 3.74. The number of alkyl halides is 3. The quantitative estimate of drug-likeness (QED) is 0.828. The van der Waals surface area contributed by atoms with Gasteiger partial charge in [0.05, 0.1) is 11.6 Å². The Labute approximate surface area is 104 Å². The zero-order chi connectivity index (χ0) is 14.1. The lowest BCUT2D eigenvalue weighted by molar-refractivity contribution is -0.137. The van der Waals surface area contributed by atoms with Crippen molar-refractivity contribution >= 4 is 5.78 Å². The molecular weight excluding hydrogens is 243 g/mol. The van der Waals surface area contributed by atoms with Gasteiger partial charge in [0.1, 0.15) is 0 Å². The summed E-state index contributed by atoms with van der Waals surface area (Å²) in [4.78, 5) is 12.0. The second-order valence-electron chi connectivity index (χ2n) is 5.25. The average molecular weight is 259 g/mol. The number of hydrogen-bond acceptors (Lipinski definition) is 2. The highest BCUT2D eigenvalue weighted by molar-refractivity contribution is 6.01. The third-order valence-electron chi connectivity index (χ3n) is 2.71. The fraction of sp³-hybridized carbons (Fsp3) is 0.462. The van der Waals surface area contributed by atoms with Gasteiger partial charge in [-0.2, -0.15) is 13.2 Å². The Balaban J connectivity index is 3.23. The Bertz CT molecular complexity index is 446. The molecule has 0 heterocycles. The van der Waals surface area contributed by atoms with E-state index in [-0.39, 0.29) is 5.56 Å². The maximum Gasteiger partial charge on any atom is 0.417 e. The largest absolute Gasteiger partial charge is 0.417 e. The molecule has 0 saturated carbocycles. The average Bonchev–Trinajstić information content (AvgIpc) is 2.24. The topological polar surface area (TPSA) is 43.1 Å². The first-order valence-electron chi connectivity index (χ1n) is 5.51. The van der Waals surface area contributed by atoms with Gasteiger partial charge >= 0.3 is 6.18 Å². The van der Waals surface area contributed by atoms with Crippen molar-refractivity contribution in [2.24, 2.45) is 11.1 Å². The third-order valence-corrected chi connectivity index (χ3v) is 2.71. The van der Waals surface area contributed by atoms with Crippen LogP contribution in [0.25, 0.3) is 0 Å². The van der Waals surface area contributed by atoms with E-state index in [0.717, 1.165) is 12.1 Å². The highest BCUT2D eigenvalue weighted by atomic mass is 19.4. The van der Waals surface area contributed by atoms with Crippen LogP contribution in [0.4, 0.5) is 13.2 Å². The van der Waals surface area contributed by atoms with Gasteiger partial charge < -0.3 is 5.73 Å². The lowest BCUT2D eigenvalue weighted by Crippen LogP contribution is -2.42. The molecule has 0 spiro atoms. The van der Waals surface area contributed by atoms with E-state index in [1.54, 1.807) is 20.8 Å². The Hall–Kier alpha value is -1.36. The van der Waals surface area contributed by atoms with Gasteiger partial charge in [-0.05, 0) is 11.5 Å². The van der Waals surface area contributed by atoms with Crippen molar-refractivity contribution in [2.45, 2.75) is 33.0 Å². The van der Waals surface area contributed by atoms with E-state index in [2.05, 4.69) is 0 Å².